The molecule has 3 aliphatic rings. The maximum absolute atomic E-state index is 10.6. The zero-order chi connectivity index (χ0) is 15.4. The molecule has 116 valence electrons. The second-order valence-corrected chi connectivity index (χ2v) is 14.0. The largest absolute Gasteiger partial charge is 0.298 e. The van der Waals surface area contributed by atoms with Gasteiger partial charge in [-0.05, 0) is 12.2 Å². The lowest BCUT2D eigenvalue weighted by molar-refractivity contribution is -0.104. The van der Waals surface area contributed by atoms with Crippen molar-refractivity contribution in [2.24, 2.45) is 0 Å². The van der Waals surface area contributed by atoms with E-state index in [-0.39, 0.29) is 0 Å². The third-order valence-corrected chi connectivity index (χ3v) is 13.4. The van der Waals surface area contributed by atoms with Crippen LogP contribution in [0.5, 0.6) is 0 Å². The molecule has 3 heterocycles. The SMILES string of the molecule is O=CC=C1SC2=C(SCSC3=C(SCS2)SC(=CC=O)S3)S1. The smallest absolute Gasteiger partial charge is 0.144 e. The van der Waals surface area contributed by atoms with Gasteiger partial charge in [-0.25, -0.2) is 0 Å². The van der Waals surface area contributed by atoms with Gasteiger partial charge in [-0.15, -0.1) is 47.0 Å². The molecule has 3 rings (SSSR count). The minimum Gasteiger partial charge on any atom is -0.298 e. The van der Waals surface area contributed by atoms with Gasteiger partial charge in [0.15, 0.2) is 0 Å². The quantitative estimate of drug-likeness (QED) is 0.369. The number of hydrogen-bond donors (Lipinski definition) is 0. The number of allylic oxidation sites excluding steroid dienone is 2. The highest BCUT2D eigenvalue weighted by Gasteiger charge is 2.26. The fourth-order valence-electron chi connectivity index (χ4n) is 1.45. The summed E-state index contributed by atoms with van der Waals surface area (Å²) in [6.07, 6.45) is 5.00. The predicted molar refractivity (Wildman–Crippen MR) is 113 cm³/mol. The molecule has 0 spiro atoms. The first kappa shape index (κ1) is 17.9. The Morgan fingerprint density at radius 3 is 1.18 bits per heavy atom. The van der Waals surface area contributed by atoms with Crippen molar-refractivity contribution in [1.29, 1.82) is 0 Å². The highest BCUT2D eigenvalue weighted by atomic mass is 32.3. The van der Waals surface area contributed by atoms with E-state index >= 15 is 0 Å². The molecule has 0 saturated heterocycles. The maximum atomic E-state index is 10.6. The van der Waals surface area contributed by atoms with E-state index in [2.05, 4.69) is 0 Å². The number of hydrogen-bond acceptors (Lipinski definition) is 10. The topological polar surface area (TPSA) is 34.1 Å². The van der Waals surface area contributed by atoms with Crippen molar-refractivity contribution in [1.82, 2.24) is 0 Å². The normalized spacial score (nSPS) is 22.4. The van der Waals surface area contributed by atoms with Crippen molar-refractivity contribution in [3.05, 3.63) is 37.6 Å². The van der Waals surface area contributed by atoms with Gasteiger partial charge in [-0.1, -0.05) is 47.0 Å². The van der Waals surface area contributed by atoms with E-state index in [1.54, 1.807) is 59.2 Å². The summed E-state index contributed by atoms with van der Waals surface area (Å²) in [6, 6.07) is 0. The number of carbonyl (C=O) groups excluding carboxylic acids is 2. The molecule has 0 saturated carbocycles. The van der Waals surface area contributed by atoms with Crippen LogP contribution in [0.15, 0.2) is 37.6 Å². The summed E-state index contributed by atoms with van der Waals surface area (Å²) >= 11 is 14.1. The van der Waals surface area contributed by atoms with E-state index < -0.39 is 0 Å². The summed E-state index contributed by atoms with van der Waals surface area (Å²) in [7, 11) is 0. The van der Waals surface area contributed by atoms with E-state index in [4.69, 9.17) is 0 Å². The van der Waals surface area contributed by atoms with E-state index in [9.17, 15) is 9.59 Å². The molecule has 0 aromatic rings. The predicted octanol–water partition coefficient (Wildman–Crippen LogP) is 6.14. The number of rotatable bonds is 2. The average Bonchev–Trinajstić information content (AvgIpc) is 3.05. The molecule has 10 heteroatoms. The summed E-state index contributed by atoms with van der Waals surface area (Å²) in [5, 5.41) is 1.89. The van der Waals surface area contributed by atoms with Gasteiger partial charge >= 0.3 is 0 Å². The molecule has 0 aliphatic carbocycles. The summed E-state index contributed by atoms with van der Waals surface area (Å²) in [5.41, 5.74) is 0. The number of carbonyl (C=O) groups is 2. The molecule has 0 amide bonds. The molecule has 3 aliphatic heterocycles. The number of aldehydes is 2. The first-order chi connectivity index (χ1) is 10.8. The molecule has 0 radical (unpaired) electrons. The lowest BCUT2D eigenvalue weighted by atomic mass is 10.7. The third kappa shape index (κ3) is 4.59. The van der Waals surface area contributed by atoms with E-state index in [0.717, 1.165) is 31.2 Å². The van der Waals surface area contributed by atoms with Crippen molar-refractivity contribution in [2.75, 3.05) is 10.2 Å². The summed E-state index contributed by atoms with van der Waals surface area (Å²) in [5.74, 6) is 0. The van der Waals surface area contributed by atoms with Crippen LogP contribution in [-0.4, -0.2) is 22.7 Å². The van der Waals surface area contributed by atoms with Crippen LogP contribution >= 0.6 is 94.1 Å². The molecular formula is C12H8O2S8. The Balaban J connectivity index is 1.67. The first-order valence-electron chi connectivity index (χ1n) is 5.82. The molecule has 0 atom stereocenters. The van der Waals surface area contributed by atoms with Crippen molar-refractivity contribution >= 4 is 107 Å². The van der Waals surface area contributed by atoms with Crippen molar-refractivity contribution in [3.63, 3.8) is 0 Å². The molecule has 0 N–H and O–H groups in total. The molecular weight excluding hydrogens is 433 g/mol. The Labute approximate surface area is 162 Å². The van der Waals surface area contributed by atoms with Crippen LogP contribution in [0.1, 0.15) is 0 Å². The Kier molecular flexibility index (Phi) is 7.31. The van der Waals surface area contributed by atoms with E-state index in [1.807, 2.05) is 47.0 Å². The standard InChI is InChI=1S/C12H8O2S8/c13-3-1-7-19-9-10(20-7)16-6-18-12-11(17-5-15-9)21-8(22-12)2-4-14/h1-4H,5-6H2. The zero-order valence-electron chi connectivity index (χ0n) is 10.8. The van der Waals surface area contributed by atoms with Crippen molar-refractivity contribution in [3.8, 4) is 0 Å². The maximum Gasteiger partial charge on any atom is 0.144 e. The molecule has 0 unspecified atom stereocenters. The fraction of sp³-hybridized carbons (Fsp3) is 0.167. The second kappa shape index (κ2) is 8.98. The zero-order valence-corrected chi connectivity index (χ0v) is 17.3. The van der Waals surface area contributed by atoms with Gasteiger partial charge < -0.3 is 0 Å². The summed E-state index contributed by atoms with van der Waals surface area (Å²) in [6.45, 7) is 0. The Morgan fingerprint density at radius 2 is 0.909 bits per heavy atom. The minimum absolute atomic E-state index is 0.858. The molecule has 22 heavy (non-hydrogen) atoms. The van der Waals surface area contributed by atoms with Gasteiger partial charge in [-0.2, -0.15) is 0 Å². The average molecular weight is 441 g/mol. The van der Waals surface area contributed by atoms with E-state index in [1.165, 1.54) is 16.9 Å². The van der Waals surface area contributed by atoms with Gasteiger partial charge in [0.1, 0.15) is 12.6 Å². The lowest BCUT2D eigenvalue weighted by Crippen LogP contribution is -1.80. The van der Waals surface area contributed by atoms with Gasteiger partial charge in [-0.3, -0.25) is 9.59 Å². The minimum atomic E-state index is 0.858. The summed E-state index contributed by atoms with van der Waals surface area (Å²) in [4.78, 5) is 21.3. The highest BCUT2D eigenvalue weighted by molar-refractivity contribution is 8.46. The molecule has 2 nitrogen and oxygen atoms in total. The Morgan fingerprint density at radius 1 is 0.591 bits per heavy atom. The highest BCUT2D eigenvalue weighted by Crippen LogP contribution is 2.62. The van der Waals surface area contributed by atoms with Crippen LogP contribution in [0.4, 0.5) is 0 Å². The Hall–Kier alpha value is 1.10. The van der Waals surface area contributed by atoms with Crippen LogP contribution in [0.25, 0.3) is 0 Å². The monoisotopic (exact) mass is 440 g/mol. The molecule has 0 fully saturated rings. The van der Waals surface area contributed by atoms with Crippen molar-refractivity contribution in [2.45, 2.75) is 0 Å². The van der Waals surface area contributed by atoms with Gasteiger partial charge in [0.2, 0.25) is 0 Å². The van der Waals surface area contributed by atoms with Crippen LogP contribution < -0.4 is 0 Å². The second-order valence-electron chi connectivity index (χ2n) is 3.61. The molecule has 0 aromatic carbocycles. The van der Waals surface area contributed by atoms with Crippen LogP contribution in [-0.2, 0) is 9.59 Å². The van der Waals surface area contributed by atoms with Gasteiger partial charge in [0.05, 0.1) is 25.4 Å². The third-order valence-electron chi connectivity index (χ3n) is 2.27. The van der Waals surface area contributed by atoms with Crippen molar-refractivity contribution < 1.29 is 9.59 Å². The Bertz CT molecular complexity index is 529. The van der Waals surface area contributed by atoms with E-state index in [0.29, 0.717) is 0 Å². The van der Waals surface area contributed by atoms with Gasteiger partial charge in [0.25, 0.3) is 0 Å². The molecule has 0 bridgehead atoms. The van der Waals surface area contributed by atoms with Gasteiger partial charge in [0, 0.05) is 10.2 Å². The number of thioether (sulfide) groups is 8. The van der Waals surface area contributed by atoms with Crippen LogP contribution in [0.2, 0.25) is 0 Å². The fourth-order valence-corrected chi connectivity index (χ4v) is 13.8. The first-order valence-corrected chi connectivity index (χ1v) is 13.0. The molecule has 0 aromatic heterocycles. The lowest BCUT2D eigenvalue weighted by Gasteiger charge is -2.09. The van der Waals surface area contributed by atoms with Crippen LogP contribution in [0, 0.1) is 0 Å². The van der Waals surface area contributed by atoms with Crippen LogP contribution in [0.3, 0.4) is 0 Å². The summed E-state index contributed by atoms with van der Waals surface area (Å²) < 4.78 is 7.35.